The predicted octanol–water partition coefficient (Wildman–Crippen LogP) is 5.10. The third kappa shape index (κ3) is 3.70. The van der Waals surface area contributed by atoms with Crippen molar-refractivity contribution >= 4 is 41.0 Å². The Kier molecular flexibility index (Phi) is 4.78. The van der Waals surface area contributed by atoms with Gasteiger partial charge in [0.05, 0.1) is 22.5 Å². The van der Waals surface area contributed by atoms with Crippen LogP contribution in [0.3, 0.4) is 0 Å². The Hall–Kier alpha value is -3.64. The minimum Gasteiger partial charge on any atom is -0.478 e. The van der Waals surface area contributed by atoms with E-state index in [4.69, 9.17) is 21.1 Å². The van der Waals surface area contributed by atoms with Gasteiger partial charge in [0.1, 0.15) is 11.5 Å². The van der Waals surface area contributed by atoms with Gasteiger partial charge < -0.3 is 9.52 Å². The van der Waals surface area contributed by atoms with Gasteiger partial charge in [0, 0.05) is 10.6 Å². The fourth-order valence-corrected chi connectivity index (χ4v) is 3.10. The molecule has 1 N–H and O–H groups in total. The lowest BCUT2D eigenvalue weighted by molar-refractivity contribution is -0.114. The third-order valence-corrected chi connectivity index (χ3v) is 4.69. The molecule has 0 fully saturated rings. The molecule has 0 aliphatic carbocycles. The van der Waals surface area contributed by atoms with Gasteiger partial charge in [-0.2, -0.15) is 10.1 Å². The van der Waals surface area contributed by atoms with Crippen LogP contribution in [0.25, 0.3) is 17.4 Å². The molecule has 1 aliphatic heterocycles. The molecule has 0 unspecified atom stereocenters. The smallest absolute Gasteiger partial charge is 0.335 e. The number of hydrogen-bond acceptors (Lipinski definition) is 4. The van der Waals surface area contributed by atoms with Crippen LogP contribution in [-0.4, -0.2) is 22.7 Å². The van der Waals surface area contributed by atoms with E-state index in [2.05, 4.69) is 5.10 Å². The molecule has 144 valence electrons. The van der Waals surface area contributed by atoms with Gasteiger partial charge in [-0.3, -0.25) is 4.79 Å². The van der Waals surface area contributed by atoms with Crippen molar-refractivity contribution in [2.75, 3.05) is 5.01 Å². The molecule has 2 aromatic carbocycles. The van der Waals surface area contributed by atoms with E-state index in [9.17, 15) is 9.59 Å². The summed E-state index contributed by atoms with van der Waals surface area (Å²) >= 11 is 5.91. The zero-order valence-electron chi connectivity index (χ0n) is 15.3. The number of halogens is 1. The van der Waals surface area contributed by atoms with E-state index in [1.807, 2.05) is 18.2 Å². The molecule has 4 rings (SSSR count). The van der Waals surface area contributed by atoms with Crippen molar-refractivity contribution < 1.29 is 19.1 Å². The van der Waals surface area contributed by atoms with Gasteiger partial charge in [-0.25, -0.2) is 4.79 Å². The van der Waals surface area contributed by atoms with Crippen LogP contribution in [0.2, 0.25) is 5.02 Å². The molecular weight excluding hydrogens is 392 g/mol. The molecule has 1 amide bonds. The Morgan fingerprint density at radius 1 is 1.14 bits per heavy atom. The highest BCUT2D eigenvalue weighted by Gasteiger charge is 2.29. The van der Waals surface area contributed by atoms with Crippen molar-refractivity contribution in [3.05, 3.63) is 82.6 Å². The third-order valence-electron chi connectivity index (χ3n) is 4.44. The number of anilines is 1. The summed E-state index contributed by atoms with van der Waals surface area (Å²) in [6, 6.07) is 16.9. The second-order valence-corrected chi connectivity index (χ2v) is 6.86. The van der Waals surface area contributed by atoms with Crippen molar-refractivity contribution in [1.82, 2.24) is 0 Å². The summed E-state index contributed by atoms with van der Waals surface area (Å²) in [5.41, 5.74) is 2.23. The van der Waals surface area contributed by atoms with E-state index in [1.165, 1.54) is 17.1 Å². The van der Waals surface area contributed by atoms with Crippen LogP contribution in [0, 0.1) is 0 Å². The maximum atomic E-state index is 12.9. The largest absolute Gasteiger partial charge is 0.478 e. The number of amides is 1. The Bertz CT molecular complexity index is 1180. The van der Waals surface area contributed by atoms with Gasteiger partial charge in [-0.05, 0) is 67.6 Å². The average Bonchev–Trinajstić information content (AvgIpc) is 3.29. The SMILES string of the molecule is CC1=NN(c2cccc(C(=O)O)c2)C(=O)/C1=C\c1ccc(-c2ccc(Cl)cc2)o1. The topological polar surface area (TPSA) is 83.1 Å². The van der Waals surface area contributed by atoms with Crippen molar-refractivity contribution in [3.8, 4) is 11.3 Å². The summed E-state index contributed by atoms with van der Waals surface area (Å²) in [6.07, 6.45) is 1.63. The summed E-state index contributed by atoms with van der Waals surface area (Å²) in [5, 5.41) is 15.3. The molecule has 0 spiro atoms. The first-order valence-corrected chi connectivity index (χ1v) is 9.11. The Morgan fingerprint density at radius 3 is 2.62 bits per heavy atom. The summed E-state index contributed by atoms with van der Waals surface area (Å²) in [5.74, 6) is -0.261. The quantitative estimate of drug-likeness (QED) is 0.610. The summed E-state index contributed by atoms with van der Waals surface area (Å²) in [6.45, 7) is 1.72. The van der Waals surface area contributed by atoms with E-state index in [-0.39, 0.29) is 11.5 Å². The lowest BCUT2D eigenvalue weighted by atomic mass is 10.1. The van der Waals surface area contributed by atoms with Crippen LogP contribution in [0.1, 0.15) is 23.0 Å². The Balaban J connectivity index is 1.62. The van der Waals surface area contributed by atoms with Gasteiger partial charge in [0.15, 0.2) is 0 Å². The standard InChI is InChI=1S/C22H15ClN2O4/c1-13-19(12-18-9-10-20(29-18)14-5-7-16(23)8-6-14)21(26)25(24-13)17-4-2-3-15(11-17)22(27)28/h2-12H,1H3,(H,27,28)/b19-12-. The lowest BCUT2D eigenvalue weighted by Gasteiger charge is -2.12. The van der Waals surface area contributed by atoms with Crippen molar-refractivity contribution in [1.29, 1.82) is 0 Å². The van der Waals surface area contributed by atoms with E-state index < -0.39 is 5.97 Å². The second-order valence-electron chi connectivity index (χ2n) is 6.42. The first kappa shape index (κ1) is 18.7. The minimum absolute atomic E-state index is 0.0826. The number of rotatable bonds is 4. The fraction of sp³-hybridized carbons (Fsp3) is 0.0455. The first-order valence-electron chi connectivity index (χ1n) is 8.73. The number of carbonyl (C=O) groups excluding carboxylic acids is 1. The summed E-state index contributed by atoms with van der Waals surface area (Å²) in [7, 11) is 0. The number of nitrogens with zero attached hydrogens (tertiary/aromatic N) is 2. The van der Waals surface area contributed by atoms with Crippen molar-refractivity contribution in [3.63, 3.8) is 0 Å². The molecule has 0 saturated carbocycles. The van der Waals surface area contributed by atoms with E-state index >= 15 is 0 Å². The number of benzene rings is 2. The van der Waals surface area contributed by atoms with Crippen LogP contribution in [0.4, 0.5) is 5.69 Å². The normalized spacial score (nSPS) is 15.1. The average molecular weight is 407 g/mol. The highest BCUT2D eigenvalue weighted by atomic mass is 35.5. The van der Waals surface area contributed by atoms with Crippen LogP contribution in [0.5, 0.6) is 0 Å². The van der Waals surface area contributed by atoms with Crippen LogP contribution < -0.4 is 5.01 Å². The van der Waals surface area contributed by atoms with E-state index in [0.29, 0.717) is 33.5 Å². The second kappa shape index (κ2) is 7.41. The van der Waals surface area contributed by atoms with Gasteiger partial charge in [-0.15, -0.1) is 0 Å². The molecule has 6 nitrogen and oxygen atoms in total. The van der Waals surface area contributed by atoms with Gasteiger partial charge >= 0.3 is 5.97 Å². The van der Waals surface area contributed by atoms with E-state index in [1.54, 1.807) is 43.3 Å². The predicted molar refractivity (Wildman–Crippen MR) is 111 cm³/mol. The molecule has 0 radical (unpaired) electrons. The molecule has 1 aliphatic rings. The lowest BCUT2D eigenvalue weighted by Crippen LogP contribution is -2.21. The van der Waals surface area contributed by atoms with Crippen LogP contribution >= 0.6 is 11.6 Å². The van der Waals surface area contributed by atoms with E-state index in [0.717, 1.165) is 5.56 Å². The van der Waals surface area contributed by atoms with Crippen molar-refractivity contribution in [2.45, 2.75) is 6.92 Å². The number of carboxylic acids is 1. The highest BCUT2D eigenvalue weighted by Crippen LogP contribution is 2.28. The zero-order chi connectivity index (χ0) is 20.5. The fourth-order valence-electron chi connectivity index (χ4n) is 2.97. The summed E-state index contributed by atoms with van der Waals surface area (Å²) in [4.78, 5) is 24.0. The maximum absolute atomic E-state index is 12.9. The molecule has 3 aromatic rings. The summed E-state index contributed by atoms with van der Waals surface area (Å²) < 4.78 is 5.84. The Labute approximate surface area is 171 Å². The molecule has 0 saturated heterocycles. The molecule has 1 aromatic heterocycles. The number of carboxylic acid groups (broad SMARTS) is 1. The van der Waals surface area contributed by atoms with Crippen LogP contribution in [-0.2, 0) is 4.79 Å². The van der Waals surface area contributed by atoms with Crippen molar-refractivity contribution in [2.24, 2.45) is 5.10 Å². The number of furan rings is 1. The molecule has 29 heavy (non-hydrogen) atoms. The first-order chi connectivity index (χ1) is 13.9. The Morgan fingerprint density at radius 2 is 1.90 bits per heavy atom. The monoisotopic (exact) mass is 406 g/mol. The van der Waals surface area contributed by atoms with Gasteiger partial charge in [0.25, 0.3) is 5.91 Å². The number of carbonyl (C=O) groups is 2. The molecular formula is C22H15ClN2O4. The highest BCUT2D eigenvalue weighted by molar-refractivity contribution is 6.32. The zero-order valence-corrected chi connectivity index (χ0v) is 16.1. The minimum atomic E-state index is -1.07. The molecule has 7 heteroatoms. The molecule has 0 atom stereocenters. The molecule has 0 bridgehead atoms. The van der Waals surface area contributed by atoms with Gasteiger partial charge in [0.2, 0.25) is 0 Å². The molecule has 2 heterocycles. The number of aromatic carboxylic acids is 1. The van der Waals surface area contributed by atoms with Crippen LogP contribution in [0.15, 0.2) is 75.8 Å². The maximum Gasteiger partial charge on any atom is 0.335 e. The number of hydrogen-bond donors (Lipinski definition) is 1. The van der Waals surface area contributed by atoms with Gasteiger partial charge in [-0.1, -0.05) is 17.7 Å². The number of hydrazone groups is 1.